The van der Waals surface area contributed by atoms with Crippen molar-refractivity contribution in [3.8, 4) is 0 Å². The summed E-state index contributed by atoms with van der Waals surface area (Å²) >= 11 is 5.94. The fourth-order valence-corrected chi connectivity index (χ4v) is 2.06. The van der Waals surface area contributed by atoms with E-state index in [1.807, 2.05) is 25.1 Å². The summed E-state index contributed by atoms with van der Waals surface area (Å²) in [6, 6.07) is 6.84. The molecule has 1 unspecified atom stereocenters. The second-order valence-corrected chi connectivity index (χ2v) is 4.86. The Balaban J connectivity index is 2.01. The number of furan rings is 1. The van der Waals surface area contributed by atoms with Gasteiger partial charge in [0.1, 0.15) is 17.4 Å². The van der Waals surface area contributed by atoms with Crippen LogP contribution in [0.25, 0.3) is 11.0 Å². The molecule has 0 radical (unpaired) electrons. The molecule has 1 atom stereocenters. The van der Waals surface area contributed by atoms with Gasteiger partial charge in [-0.25, -0.2) is 9.97 Å². The molecule has 2 N–H and O–H groups in total. The molecule has 3 aromatic rings. The minimum absolute atomic E-state index is 0.480. The third-order valence-electron chi connectivity index (χ3n) is 2.88. The summed E-state index contributed by atoms with van der Waals surface area (Å²) in [4.78, 5) is 8.44. The van der Waals surface area contributed by atoms with Crippen LogP contribution in [-0.2, 0) is 0 Å². The summed E-state index contributed by atoms with van der Waals surface area (Å²) < 4.78 is 5.71. The SMILES string of the molecule is Cc1cnc(C(N)c2cc3cc(Cl)ccc3o2)nc1. The molecular formula is C14H12ClN3O. The highest BCUT2D eigenvalue weighted by Gasteiger charge is 2.16. The van der Waals surface area contributed by atoms with Gasteiger partial charge in [-0.2, -0.15) is 0 Å². The Morgan fingerprint density at radius 3 is 2.68 bits per heavy atom. The van der Waals surface area contributed by atoms with E-state index in [4.69, 9.17) is 21.8 Å². The summed E-state index contributed by atoms with van der Waals surface area (Å²) in [6.45, 7) is 1.93. The van der Waals surface area contributed by atoms with Crippen molar-refractivity contribution < 1.29 is 4.42 Å². The van der Waals surface area contributed by atoms with Crippen LogP contribution >= 0.6 is 11.6 Å². The van der Waals surface area contributed by atoms with E-state index in [2.05, 4.69) is 9.97 Å². The molecule has 3 rings (SSSR count). The summed E-state index contributed by atoms with van der Waals surface area (Å²) in [7, 11) is 0. The zero-order chi connectivity index (χ0) is 13.4. The number of benzene rings is 1. The van der Waals surface area contributed by atoms with Gasteiger partial charge in [-0.1, -0.05) is 11.6 Å². The molecule has 0 bridgehead atoms. The first kappa shape index (κ1) is 12.1. The van der Waals surface area contributed by atoms with Crippen molar-refractivity contribution in [2.75, 3.05) is 0 Å². The van der Waals surface area contributed by atoms with Gasteiger partial charge in [-0.3, -0.25) is 0 Å². The lowest BCUT2D eigenvalue weighted by molar-refractivity contribution is 0.515. The summed E-state index contributed by atoms with van der Waals surface area (Å²) in [5.74, 6) is 1.16. The van der Waals surface area contributed by atoms with Gasteiger partial charge in [-0.05, 0) is 36.8 Å². The van der Waals surface area contributed by atoms with Crippen LogP contribution in [0.1, 0.15) is 23.2 Å². The van der Waals surface area contributed by atoms with Crippen LogP contribution in [0, 0.1) is 6.92 Å². The molecule has 0 spiro atoms. The standard InChI is InChI=1S/C14H12ClN3O/c1-8-6-17-14(18-7-8)13(16)12-5-9-4-10(15)2-3-11(9)19-12/h2-7,13H,16H2,1H3. The third kappa shape index (κ3) is 2.32. The fourth-order valence-electron chi connectivity index (χ4n) is 1.88. The van der Waals surface area contributed by atoms with Gasteiger partial charge in [0, 0.05) is 22.8 Å². The number of aromatic nitrogens is 2. The normalized spacial score (nSPS) is 12.8. The maximum absolute atomic E-state index is 6.12. The average molecular weight is 274 g/mol. The molecule has 0 saturated heterocycles. The number of nitrogens with zero attached hydrogens (tertiary/aromatic N) is 2. The molecule has 0 saturated carbocycles. The molecule has 1 aromatic carbocycles. The lowest BCUT2D eigenvalue weighted by Gasteiger charge is -2.06. The van der Waals surface area contributed by atoms with Crippen LogP contribution < -0.4 is 5.73 Å². The quantitative estimate of drug-likeness (QED) is 0.778. The highest BCUT2D eigenvalue weighted by molar-refractivity contribution is 6.31. The lowest BCUT2D eigenvalue weighted by Crippen LogP contribution is -2.14. The van der Waals surface area contributed by atoms with Gasteiger partial charge in [0.25, 0.3) is 0 Å². The van der Waals surface area contributed by atoms with E-state index in [0.29, 0.717) is 16.6 Å². The monoisotopic (exact) mass is 273 g/mol. The van der Waals surface area contributed by atoms with Crippen molar-refractivity contribution in [2.45, 2.75) is 13.0 Å². The van der Waals surface area contributed by atoms with Crippen molar-refractivity contribution in [3.63, 3.8) is 0 Å². The Hall–Kier alpha value is -1.91. The zero-order valence-electron chi connectivity index (χ0n) is 10.3. The van der Waals surface area contributed by atoms with Crippen molar-refractivity contribution >= 4 is 22.6 Å². The maximum atomic E-state index is 6.12. The lowest BCUT2D eigenvalue weighted by atomic mass is 10.2. The minimum atomic E-state index is -0.480. The van der Waals surface area contributed by atoms with Gasteiger partial charge in [0.2, 0.25) is 0 Å². The van der Waals surface area contributed by atoms with Crippen molar-refractivity contribution in [1.82, 2.24) is 9.97 Å². The molecule has 19 heavy (non-hydrogen) atoms. The smallest absolute Gasteiger partial charge is 0.152 e. The van der Waals surface area contributed by atoms with Gasteiger partial charge in [0.15, 0.2) is 5.82 Å². The van der Waals surface area contributed by atoms with E-state index in [9.17, 15) is 0 Å². The van der Waals surface area contributed by atoms with Gasteiger partial charge >= 0.3 is 0 Å². The molecule has 4 nitrogen and oxygen atoms in total. The number of fused-ring (bicyclic) bond motifs is 1. The van der Waals surface area contributed by atoms with E-state index in [-0.39, 0.29) is 0 Å². The second-order valence-electron chi connectivity index (χ2n) is 4.43. The minimum Gasteiger partial charge on any atom is -0.459 e. The van der Waals surface area contributed by atoms with E-state index >= 15 is 0 Å². The van der Waals surface area contributed by atoms with Crippen LogP contribution in [-0.4, -0.2) is 9.97 Å². The largest absolute Gasteiger partial charge is 0.459 e. The Labute approximate surface area is 115 Å². The van der Waals surface area contributed by atoms with Gasteiger partial charge < -0.3 is 10.2 Å². The van der Waals surface area contributed by atoms with Crippen molar-refractivity contribution in [3.05, 3.63) is 58.8 Å². The first-order valence-corrected chi connectivity index (χ1v) is 6.24. The average Bonchev–Trinajstić information content (AvgIpc) is 2.81. The molecule has 0 aliphatic rings. The molecule has 2 heterocycles. The van der Waals surface area contributed by atoms with Crippen LogP contribution in [0.2, 0.25) is 5.02 Å². The zero-order valence-corrected chi connectivity index (χ0v) is 11.1. The third-order valence-corrected chi connectivity index (χ3v) is 3.12. The molecule has 0 amide bonds. The van der Waals surface area contributed by atoms with E-state index < -0.39 is 6.04 Å². The van der Waals surface area contributed by atoms with E-state index in [0.717, 1.165) is 16.5 Å². The van der Waals surface area contributed by atoms with Crippen molar-refractivity contribution in [1.29, 1.82) is 0 Å². The van der Waals surface area contributed by atoms with Crippen molar-refractivity contribution in [2.24, 2.45) is 5.73 Å². The number of nitrogens with two attached hydrogens (primary N) is 1. The predicted octanol–water partition coefficient (Wildman–Crippen LogP) is 3.23. The van der Waals surface area contributed by atoms with Crippen LogP contribution in [0.15, 0.2) is 41.1 Å². The molecule has 0 fully saturated rings. The van der Waals surface area contributed by atoms with Crippen LogP contribution in [0.4, 0.5) is 0 Å². The molecule has 2 aromatic heterocycles. The summed E-state index contributed by atoms with van der Waals surface area (Å²) in [5, 5.41) is 1.59. The number of hydrogen-bond donors (Lipinski definition) is 1. The number of hydrogen-bond acceptors (Lipinski definition) is 4. The Kier molecular flexibility index (Phi) is 2.97. The predicted molar refractivity (Wildman–Crippen MR) is 74.0 cm³/mol. The maximum Gasteiger partial charge on any atom is 0.152 e. The van der Waals surface area contributed by atoms with E-state index in [1.165, 1.54) is 0 Å². The summed E-state index contributed by atoms with van der Waals surface area (Å²) in [5.41, 5.74) is 7.86. The first-order valence-electron chi connectivity index (χ1n) is 5.86. The number of halogens is 1. The van der Waals surface area contributed by atoms with Crippen LogP contribution in [0.3, 0.4) is 0 Å². The van der Waals surface area contributed by atoms with Crippen LogP contribution in [0.5, 0.6) is 0 Å². The summed E-state index contributed by atoms with van der Waals surface area (Å²) in [6.07, 6.45) is 3.48. The number of aryl methyl sites for hydroxylation is 1. The topological polar surface area (TPSA) is 64.9 Å². The molecular weight excluding hydrogens is 262 g/mol. The number of rotatable bonds is 2. The Morgan fingerprint density at radius 2 is 1.95 bits per heavy atom. The second kappa shape index (κ2) is 4.64. The first-order chi connectivity index (χ1) is 9.13. The Morgan fingerprint density at radius 1 is 1.21 bits per heavy atom. The highest BCUT2D eigenvalue weighted by Crippen LogP contribution is 2.27. The van der Waals surface area contributed by atoms with E-state index in [1.54, 1.807) is 18.5 Å². The molecule has 96 valence electrons. The van der Waals surface area contributed by atoms with Gasteiger partial charge in [0.05, 0.1) is 0 Å². The van der Waals surface area contributed by atoms with Gasteiger partial charge in [-0.15, -0.1) is 0 Å². The molecule has 0 aliphatic heterocycles. The Bertz CT molecular complexity index is 721. The molecule has 0 aliphatic carbocycles. The molecule has 5 heteroatoms. The fraction of sp³-hybridized carbons (Fsp3) is 0.143. The highest BCUT2D eigenvalue weighted by atomic mass is 35.5.